The molecule has 1 aliphatic carbocycles. The first-order valence-electron chi connectivity index (χ1n) is 7.56. The van der Waals surface area contributed by atoms with Crippen molar-refractivity contribution in [3.63, 3.8) is 0 Å². The number of nitrogens with zero attached hydrogens (tertiary/aromatic N) is 1. The average Bonchev–Trinajstić information content (AvgIpc) is 2.42. The lowest BCUT2D eigenvalue weighted by molar-refractivity contribution is -0.133. The van der Waals surface area contributed by atoms with Gasteiger partial charge >= 0.3 is 5.97 Å². The number of likely N-dealkylation sites (N-methyl/N-ethyl adjacent to an activating group) is 1. The predicted molar refractivity (Wildman–Crippen MR) is 83.1 cm³/mol. The van der Waals surface area contributed by atoms with Gasteiger partial charge in [-0.05, 0) is 46.7 Å². The zero-order valence-corrected chi connectivity index (χ0v) is 13.8. The van der Waals surface area contributed by atoms with Crippen LogP contribution in [0.4, 0.5) is 0 Å². The number of amides is 1. The van der Waals surface area contributed by atoms with Crippen LogP contribution in [0.15, 0.2) is 11.1 Å². The number of rotatable bonds is 5. The molecule has 0 spiro atoms. The monoisotopic (exact) mass is 296 g/mol. The van der Waals surface area contributed by atoms with Gasteiger partial charge < -0.3 is 15.3 Å². The molecule has 1 aliphatic rings. The smallest absolute Gasteiger partial charge is 0.331 e. The predicted octanol–water partition coefficient (Wildman–Crippen LogP) is 2.03. The second-order valence-electron chi connectivity index (χ2n) is 6.56. The highest BCUT2D eigenvalue weighted by molar-refractivity contribution is 6.01. The van der Waals surface area contributed by atoms with Crippen LogP contribution in [-0.2, 0) is 9.59 Å². The number of carboxylic acids is 1. The van der Waals surface area contributed by atoms with Crippen molar-refractivity contribution in [1.29, 1.82) is 0 Å². The largest absolute Gasteiger partial charge is 0.478 e. The number of hydrogen-bond acceptors (Lipinski definition) is 3. The zero-order valence-electron chi connectivity index (χ0n) is 13.8. The Morgan fingerprint density at radius 2 is 1.90 bits per heavy atom. The second kappa shape index (κ2) is 7.07. The Hall–Kier alpha value is -1.36. The fourth-order valence-corrected chi connectivity index (χ4v) is 3.07. The van der Waals surface area contributed by atoms with E-state index in [9.17, 15) is 9.59 Å². The summed E-state index contributed by atoms with van der Waals surface area (Å²) in [5.74, 6) is -0.680. The lowest BCUT2D eigenvalue weighted by Gasteiger charge is -2.45. The summed E-state index contributed by atoms with van der Waals surface area (Å²) in [6.45, 7) is 5.83. The first-order chi connectivity index (χ1) is 9.69. The normalized spacial score (nSPS) is 27.2. The molecule has 1 amide bonds. The van der Waals surface area contributed by atoms with Gasteiger partial charge in [-0.3, -0.25) is 4.79 Å². The van der Waals surface area contributed by atoms with Crippen molar-refractivity contribution in [2.24, 2.45) is 5.92 Å². The Kier molecular flexibility index (Phi) is 5.96. The second-order valence-corrected chi connectivity index (χ2v) is 6.56. The molecule has 0 saturated heterocycles. The number of nitrogens with one attached hydrogen (secondary N) is 1. The van der Waals surface area contributed by atoms with E-state index in [4.69, 9.17) is 5.11 Å². The summed E-state index contributed by atoms with van der Waals surface area (Å²) in [6.07, 6.45) is 4.52. The molecule has 1 fully saturated rings. The standard InChI is InChI=1S/C16H28N2O3/c1-11-7-6-8-16(9-11,18(4)5)10-17-14(19)12(2)13(3)15(20)21/h11H,6-10H2,1-5H3,(H,17,19)(H,20,21). The molecule has 0 radical (unpaired) electrons. The van der Waals surface area contributed by atoms with E-state index in [1.54, 1.807) is 6.92 Å². The summed E-state index contributed by atoms with van der Waals surface area (Å²) in [5.41, 5.74) is 0.355. The summed E-state index contributed by atoms with van der Waals surface area (Å²) in [7, 11) is 4.10. The maximum atomic E-state index is 12.1. The summed E-state index contributed by atoms with van der Waals surface area (Å²) >= 11 is 0. The van der Waals surface area contributed by atoms with E-state index in [1.807, 2.05) is 0 Å². The van der Waals surface area contributed by atoms with Crippen LogP contribution < -0.4 is 5.32 Å². The van der Waals surface area contributed by atoms with Crippen molar-refractivity contribution in [3.8, 4) is 0 Å². The number of aliphatic carboxylic acids is 1. The highest BCUT2D eigenvalue weighted by atomic mass is 16.4. The van der Waals surface area contributed by atoms with Crippen LogP contribution in [0, 0.1) is 5.92 Å². The first-order valence-corrected chi connectivity index (χ1v) is 7.56. The van der Waals surface area contributed by atoms with Gasteiger partial charge in [-0.2, -0.15) is 0 Å². The molecule has 1 saturated carbocycles. The van der Waals surface area contributed by atoms with Crippen molar-refractivity contribution < 1.29 is 14.7 Å². The molecule has 0 aromatic heterocycles. The molecule has 0 aromatic carbocycles. The minimum Gasteiger partial charge on any atom is -0.478 e. The average molecular weight is 296 g/mol. The van der Waals surface area contributed by atoms with Gasteiger partial charge in [0.1, 0.15) is 0 Å². The Balaban J connectivity index is 2.77. The molecule has 5 heteroatoms. The molecule has 1 rings (SSSR count). The van der Waals surface area contributed by atoms with E-state index in [2.05, 4.69) is 31.2 Å². The topological polar surface area (TPSA) is 69.6 Å². The van der Waals surface area contributed by atoms with Crippen LogP contribution in [0.25, 0.3) is 0 Å². The van der Waals surface area contributed by atoms with Crippen molar-refractivity contribution in [2.45, 2.75) is 52.0 Å². The minimum absolute atomic E-state index is 0.0231. The number of carbonyl (C=O) groups excluding carboxylic acids is 1. The molecule has 0 heterocycles. The van der Waals surface area contributed by atoms with Gasteiger partial charge in [-0.25, -0.2) is 4.79 Å². The van der Waals surface area contributed by atoms with Crippen molar-refractivity contribution in [1.82, 2.24) is 10.2 Å². The SMILES string of the molecule is CC(C(=O)O)=C(C)C(=O)NCC1(N(C)C)CCCC(C)C1. The molecule has 0 aliphatic heterocycles. The molecular formula is C16H28N2O3. The van der Waals surface area contributed by atoms with Gasteiger partial charge in [0.2, 0.25) is 5.91 Å². The molecule has 21 heavy (non-hydrogen) atoms. The van der Waals surface area contributed by atoms with Crippen molar-refractivity contribution >= 4 is 11.9 Å². The van der Waals surface area contributed by atoms with Gasteiger partial charge in [0.15, 0.2) is 0 Å². The Morgan fingerprint density at radius 1 is 1.29 bits per heavy atom. The fourth-order valence-electron chi connectivity index (χ4n) is 3.07. The van der Waals surface area contributed by atoms with Gasteiger partial charge in [-0.1, -0.05) is 19.8 Å². The maximum absolute atomic E-state index is 12.1. The van der Waals surface area contributed by atoms with E-state index in [0.29, 0.717) is 12.5 Å². The Bertz CT molecular complexity index is 443. The first kappa shape index (κ1) is 17.7. The van der Waals surface area contributed by atoms with Crippen LogP contribution >= 0.6 is 0 Å². The van der Waals surface area contributed by atoms with E-state index < -0.39 is 5.97 Å². The maximum Gasteiger partial charge on any atom is 0.331 e. The fraction of sp³-hybridized carbons (Fsp3) is 0.750. The van der Waals surface area contributed by atoms with Gasteiger partial charge in [-0.15, -0.1) is 0 Å². The minimum atomic E-state index is -1.05. The lowest BCUT2D eigenvalue weighted by atomic mass is 9.75. The summed E-state index contributed by atoms with van der Waals surface area (Å²) in [6, 6.07) is 0. The highest BCUT2D eigenvalue weighted by Gasteiger charge is 2.37. The third-order valence-electron chi connectivity index (χ3n) is 4.82. The molecule has 0 bridgehead atoms. The van der Waals surface area contributed by atoms with E-state index in [1.165, 1.54) is 13.3 Å². The molecule has 2 atom stereocenters. The summed E-state index contributed by atoms with van der Waals surface area (Å²) < 4.78 is 0. The summed E-state index contributed by atoms with van der Waals surface area (Å²) in [4.78, 5) is 25.2. The van der Waals surface area contributed by atoms with E-state index in [0.717, 1.165) is 19.3 Å². The Morgan fingerprint density at radius 3 is 2.38 bits per heavy atom. The molecule has 5 nitrogen and oxygen atoms in total. The van der Waals surface area contributed by atoms with Gasteiger partial charge in [0.05, 0.1) is 0 Å². The van der Waals surface area contributed by atoms with Gasteiger partial charge in [0, 0.05) is 23.2 Å². The highest BCUT2D eigenvalue weighted by Crippen LogP contribution is 2.35. The van der Waals surface area contributed by atoms with E-state index >= 15 is 0 Å². The van der Waals surface area contributed by atoms with Crippen LogP contribution in [0.2, 0.25) is 0 Å². The van der Waals surface area contributed by atoms with Crippen LogP contribution in [0.1, 0.15) is 46.5 Å². The number of hydrogen-bond donors (Lipinski definition) is 2. The molecule has 2 unspecified atom stereocenters. The zero-order chi connectivity index (χ0) is 16.2. The quantitative estimate of drug-likeness (QED) is 0.762. The van der Waals surface area contributed by atoms with Crippen LogP contribution in [0.3, 0.4) is 0 Å². The number of carbonyl (C=O) groups is 2. The van der Waals surface area contributed by atoms with Crippen molar-refractivity contribution in [3.05, 3.63) is 11.1 Å². The van der Waals surface area contributed by atoms with Crippen molar-refractivity contribution in [2.75, 3.05) is 20.6 Å². The summed E-state index contributed by atoms with van der Waals surface area (Å²) in [5, 5.41) is 11.9. The van der Waals surface area contributed by atoms with Crippen LogP contribution in [-0.4, -0.2) is 48.1 Å². The molecular weight excluding hydrogens is 268 g/mol. The Labute approximate surface area is 127 Å². The van der Waals surface area contributed by atoms with E-state index in [-0.39, 0.29) is 22.6 Å². The van der Waals surface area contributed by atoms with Gasteiger partial charge in [0.25, 0.3) is 0 Å². The molecule has 0 aromatic rings. The third kappa shape index (κ3) is 4.30. The van der Waals surface area contributed by atoms with Crippen LogP contribution in [0.5, 0.6) is 0 Å². The number of carboxylic acid groups (broad SMARTS) is 1. The molecule has 120 valence electrons. The third-order valence-corrected chi connectivity index (χ3v) is 4.82. The lowest BCUT2D eigenvalue weighted by Crippen LogP contribution is -2.55. The molecule has 2 N–H and O–H groups in total.